The average molecular weight is 381 g/mol. The van der Waals surface area contributed by atoms with Crippen LogP contribution in [0, 0.1) is 11.8 Å². The Labute approximate surface area is 164 Å². The maximum absolute atomic E-state index is 13.0. The van der Waals surface area contributed by atoms with E-state index in [0.29, 0.717) is 24.7 Å². The Morgan fingerprint density at radius 3 is 2.68 bits per heavy atom. The fraction of sp³-hybridized carbons (Fsp3) is 0.500. The summed E-state index contributed by atoms with van der Waals surface area (Å²) < 4.78 is 1.99. The molecule has 1 N–H and O–H groups in total. The van der Waals surface area contributed by atoms with Crippen LogP contribution in [-0.4, -0.2) is 33.4 Å². The molecule has 1 amide bonds. The molecule has 2 aromatic rings. The van der Waals surface area contributed by atoms with Crippen LogP contribution in [0.25, 0.3) is 0 Å². The van der Waals surface area contributed by atoms with Crippen LogP contribution in [0.5, 0.6) is 0 Å². The molecule has 1 saturated heterocycles. The topological polar surface area (TPSA) is 75.2 Å². The summed E-state index contributed by atoms with van der Waals surface area (Å²) in [4.78, 5) is 41.8. The number of aromatic nitrogens is 2. The number of hydrogen-bond donors (Lipinski definition) is 1. The Hall–Kier alpha value is -2.63. The number of likely N-dealkylation sites (tertiary alicyclic amines) is 1. The molecule has 0 unspecified atom stereocenters. The molecule has 4 rings (SSSR count). The second kappa shape index (κ2) is 7.41. The molecule has 0 aromatic carbocycles. The highest BCUT2D eigenvalue weighted by molar-refractivity contribution is 5.92. The van der Waals surface area contributed by atoms with Crippen LogP contribution in [0.4, 0.5) is 0 Å². The van der Waals surface area contributed by atoms with Gasteiger partial charge in [-0.25, -0.2) is 0 Å². The molecule has 2 bridgehead atoms. The Balaban J connectivity index is 1.67. The lowest BCUT2D eigenvalue weighted by Crippen LogP contribution is -2.51. The standard InChI is InChI=1S/C22H27N3O3/c1-14(2)9-10-19-16-11-15(18-6-4-8-21(27)25(18)19)12-24(13-16)22(28)17-5-3-7-20(26)23-17/h3-8,14-16,19H,9-13H2,1-2H3,(H,23,26)/t15-,16+,19+/m1/s1. The summed E-state index contributed by atoms with van der Waals surface area (Å²) in [5.41, 5.74) is 1.16. The molecular weight excluding hydrogens is 354 g/mol. The van der Waals surface area contributed by atoms with E-state index in [4.69, 9.17) is 0 Å². The molecule has 28 heavy (non-hydrogen) atoms. The third-order valence-corrected chi connectivity index (χ3v) is 6.12. The largest absolute Gasteiger partial charge is 0.336 e. The molecule has 3 atom stereocenters. The molecule has 0 saturated carbocycles. The smallest absolute Gasteiger partial charge is 0.270 e. The summed E-state index contributed by atoms with van der Waals surface area (Å²) in [5, 5.41) is 0. The van der Waals surface area contributed by atoms with E-state index in [0.717, 1.165) is 25.0 Å². The molecule has 2 aliphatic heterocycles. The Morgan fingerprint density at radius 1 is 1.14 bits per heavy atom. The number of piperidine rings is 1. The lowest BCUT2D eigenvalue weighted by molar-refractivity contribution is 0.0508. The van der Waals surface area contributed by atoms with Crippen LogP contribution in [0.2, 0.25) is 0 Å². The van der Waals surface area contributed by atoms with Gasteiger partial charge in [-0.05, 0) is 43.2 Å². The third-order valence-electron chi connectivity index (χ3n) is 6.12. The SMILES string of the molecule is CC(C)CC[C@H]1[C@H]2C[C@H](CN(C(=O)c3cccc(=O)[nH]3)C2)c2cccc(=O)n21. The molecule has 148 valence electrons. The molecular formula is C22H27N3O3. The van der Waals surface area contributed by atoms with Crippen molar-refractivity contribution >= 4 is 5.91 Å². The van der Waals surface area contributed by atoms with Gasteiger partial charge in [0.05, 0.1) is 0 Å². The van der Waals surface area contributed by atoms with Crippen LogP contribution < -0.4 is 11.1 Å². The summed E-state index contributed by atoms with van der Waals surface area (Å²) in [6.45, 7) is 5.59. The predicted molar refractivity (Wildman–Crippen MR) is 108 cm³/mol. The number of hydrogen-bond acceptors (Lipinski definition) is 3. The number of carbonyl (C=O) groups is 1. The van der Waals surface area contributed by atoms with Gasteiger partial charge in [0, 0.05) is 42.9 Å². The molecule has 0 spiro atoms. The summed E-state index contributed by atoms with van der Waals surface area (Å²) in [6, 6.07) is 10.3. The highest BCUT2D eigenvalue weighted by atomic mass is 16.2. The van der Waals surface area contributed by atoms with Crippen LogP contribution in [0.15, 0.2) is 46.0 Å². The molecule has 0 aliphatic carbocycles. The first-order chi connectivity index (χ1) is 13.4. The van der Waals surface area contributed by atoms with Crippen molar-refractivity contribution in [3.05, 3.63) is 68.5 Å². The molecule has 6 nitrogen and oxygen atoms in total. The first-order valence-corrected chi connectivity index (χ1v) is 10.1. The second-order valence-corrected chi connectivity index (χ2v) is 8.53. The summed E-state index contributed by atoms with van der Waals surface area (Å²) in [6.07, 6.45) is 2.99. The van der Waals surface area contributed by atoms with Crippen molar-refractivity contribution in [2.45, 2.75) is 45.1 Å². The number of nitrogens with zero attached hydrogens (tertiary/aromatic N) is 2. The van der Waals surface area contributed by atoms with Crippen LogP contribution in [0.3, 0.4) is 0 Å². The lowest BCUT2D eigenvalue weighted by Gasteiger charge is -2.47. The first-order valence-electron chi connectivity index (χ1n) is 10.1. The van der Waals surface area contributed by atoms with Gasteiger partial charge in [0.2, 0.25) is 5.56 Å². The molecule has 1 fully saturated rings. The van der Waals surface area contributed by atoms with Gasteiger partial charge in [-0.15, -0.1) is 0 Å². The zero-order valence-electron chi connectivity index (χ0n) is 16.4. The monoisotopic (exact) mass is 381 g/mol. The van der Waals surface area contributed by atoms with Gasteiger partial charge >= 0.3 is 0 Å². The van der Waals surface area contributed by atoms with Crippen molar-refractivity contribution in [1.29, 1.82) is 0 Å². The van der Waals surface area contributed by atoms with E-state index in [1.807, 2.05) is 21.6 Å². The molecule has 6 heteroatoms. The third kappa shape index (κ3) is 3.43. The molecule has 2 aliphatic rings. The zero-order valence-corrected chi connectivity index (χ0v) is 16.4. The van der Waals surface area contributed by atoms with Crippen molar-refractivity contribution in [2.75, 3.05) is 13.1 Å². The predicted octanol–water partition coefficient (Wildman–Crippen LogP) is 2.77. The number of rotatable bonds is 4. The quantitative estimate of drug-likeness (QED) is 0.885. The summed E-state index contributed by atoms with van der Waals surface area (Å²) in [5.74, 6) is 0.838. The maximum Gasteiger partial charge on any atom is 0.270 e. The Bertz CT molecular complexity index is 991. The van der Waals surface area contributed by atoms with E-state index in [-0.39, 0.29) is 34.9 Å². The van der Waals surface area contributed by atoms with Gasteiger partial charge < -0.3 is 14.5 Å². The highest BCUT2D eigenvalue weighted by Gasteiger charge is 2.41. The molecule has 2 aromatic heterocycles. The second-order valence-electron chi connectivity index (χ2n) is 8.53. The lowest BCUT2D eigenvalue weighted by atomic mass is 9.76. The number of carbonyl (C=O) groups excluding carboxylic acids is 1. The van der Waals surface area contributed by atoms with Crippen LogP contribution >= 0.6 is 0 Å². The minimum Gasteiger partial charge on any atom is -0.336 e. The molecule has 0 radical (unpaired) electrons. The number of pyridine rings is 2. The fourth-order valence-electron chi connectivity index (χ4n) is 4.82. The summed E-state index contributed by atoms with van der Waals surface area (Å²) in [7, 11) is 0. The zero-order chi connectivity index (χ0) is 19.8. The van der Waals surface area contributed by atoms with Crippen molar-refractivity contribution in [3.8, 4) is 0 Å². The number of nitrogens with one attached hydrogen (secondary N) is 1. The maximum atomic E-state index is 13.0. The highest BCUT2D eigenvalue weighted by Crippen LogP contribution is 2.43. The van der Waals surface area contributed by atoms with Crippen LogP contribution in [-0.2, 0) is 0 Å². The van der Waals surface area contributed by atoms with Gasteiger partial charge in [0.15, 0.2) is 0 Å². The van der Waals surface area contributed by atoms with Gasteiger partial charge in [0.1, 0.15) is 5.69 Å². The number of aromatic amines is 1. The normalized spacial score (nSPS) is 23.5. The van der Waals surface area contributed by atoms with E-state index in [1.54, 1.807) is 18.2 Å². The van der Waals surface area contributed by atoms with Crippen molar-refractivity contribution in [3.63, 3.8) is 0 Å². The van der Waals surface area contributed by atoms with Gasteiger partial charge in [-0.2, -0.15) is 0 Å². The first kappa shape index (κ1) is 18.7. The van der Waals surface area contributed by atoms with E-state index >= 15 is 0 Å². The van der Waals surface area contributed by atoms with Crippen molar-refractivity contribution in [2.24, 2.45) is 11.8 Å². The number of H-pyrrole nitrogens is 1. The van der Waals surface area contributed by atoms with Gasteiger partial charge in [-0.1, -0.05) is 26.0 Å². The minimum atomic E-state index is -0.269. The van der Waals surface area contributed by atoms with Crippen molar-refractivity contribution in [1.82, 2.24) is 14.5 Å². The fourth-order valence-corrected chi connectivity index (χ4v) is 4.82. The Morgan fingerprint density at radius 2 is 1.93 bits per heavy atom. The average Bonchev–Trinajstić information content (AvgIpc) is 2.67. The number of amides is 1. The Kier molecular flexibility index (Phi) is 4.96. The minimum absolute atomic E-state index is 0.0631. The van der Waals surface area contributed by atoms with E-state index in [9.17, 15) is 14.4 Å². The van der Waals surface area contributed by atoms with E-state index < -0.39 is 0 Å². The molecule has 4 heterocycles. The van der Waals surface area contributed by atoms with E-state index in [1.165, 1.54) is 6.07 Å². The van der Waals surface area contributed by atoms with Crippen LogP contribution in [0.1, 0.15) is 61.3 Å². The van der Waals surface area contributed by atoms with Gasteiger partial charge in [0.25, 0.3) is 11.5 Å². The number of fused-ring (bicyclic) bond motifs is 4. The van der Waals surface area contributed by atoms with Crippen molar-refractivity contribution < 1.29 is 4.79 Å². The summed E-state index contributed by atoms with van der Waals surface area (Å²) >= 11 is 0. The van der Waals surface area contributed by atoms with Gasteiger partial charge in [-0.3, -0.25) is 14.4 Å². The van der Waals surface area contributed by atoms with E-state index in [2.05, 4.69) is 18.8 Å².